The highest BCUT2D eigenvalue weighted by Crippen LogP contribution is 2.16. The molecule has 0 fully saturated rings. The number of aliphatic hydroxyl groups excluding tert-OH is 1. The maximum Gasteiger partial charge on any atom is 0.319 e. The van der Waals surface area contributed by atoms with E-state index < -0.39 is 12.1 Å². The summed E-state index contributed by atoms with van der Waals surface area (Å²) in [6, 6.07) is 12.4. The van der Waals surface area contributed by atoms with Gasteiger partial charge in [-0.25, -0.2) is 9.18 Å². The van der Waals surface area contributed by atoms with Gasteiger partial charge in [-0.2, -0.15) is 0 Å². The van der Waals surface area contributed by atoms with Crippen molar-refractivity contribution < 1.29 is 14.3 Å². The first kappa shape index (κ1) is 15.0. The molecule has 5 heteroatoms. The summed E-state index contributed by atoms with van der Waals surface area (Å²) in [5.74, 6) is -0.365. The zero-order chi connectivity index (χ0) is 15.2. The molecule has 4 nitrogen and oxygen atoms in total. The zero-order valence-electron chi connectivity index (χ0n) is 11.6. The predicted molar refractivity (Wildman–Crippen MR) is 79.6 cm³/mol. The van der Waals surface area contributed by atoms with E-state index in [1.165, 1.54) is 24.3 Å². The van der Waals surface area contributed by atoms with Gasteiger partial charge in [0, 0.05) is 12.2 Å². The molecule has 0 heterocycles. The molecule has 21 heavy (non-hydrogen) atoms. The summed E-state index contributed by atoms with van der Waals surface area (Å²) in [6.07, 6.45) is -0.773. The van der Waals surface area contributed by atoms with Gasteiger partial charge in [-0.1, -0.05) is 24.3 Å². The van der Waals surface area contributed by atoms with Crippen LogP contribution in [0.3, 0.4) is 0 Å². The van der Waals surface area contributed by atoms with Crippen molar-refractivity contribution in [3.05, 3.63) is 65.5 Å². The van der Waals surface area contributed by atoms with Crippen LogP contribution in [0.2, 0.25) is 0 Å². The van der Waals surface area contributed by atoms with E-state index in [0.717, 1.165) is 11.1 Å². The van der Waals surface area contributed by atoms with Crippen LogP contribution in [-0.2, 0) is 0 Å². The van der Waals surface area contributed by atoms with E-state index in [9.17, 15) is 14.3 Å². The van der Waals surface area contributed by atoms with Crippen LogP contribution in [0.25, 0.3) is 0 Å². The fourth-order valence-corrected chi connectivity index (χ4v) is 1.97. The molecule has 2 aromatic rings. The van der Waals surface area contributed by atoms with Crippen molar-refractivity contribution in [3.63, 3.8) is 0 Å². The summed E-state index contributed by atoms with van der Waals surface area (Å²) in [5, 5.41) is 15.2. The Morgan fingerprint density at radius 2 is 1.86 bits per heavy atom. The molecule has 0 aliphatic heterocycles. The Balaban J connectivity index is 1.86. The standard InChI is InChI=1S/C16H17FN2O2/c1-11-4-2-3-5-14(11)15(20)10-18-16(21)19-13-8-6-12(17)7-9-13/h2-9,15,20H,10H2,1H3,(H2,18,19,21). The molecule has 1 atom stereocenters. The van der Waals surface area contributed by atoms with Crippen LogP contribution >= 0.6 is 0 Å². The molecule has 0 aliphatic carbocycles. The van der Waals surface area contributed by atoms with Crippen molar-refractivity contribution in [1.29, 1.82) is 0 Å². The second kappa shape index (κ2) is 6.85. The average molecular weight is 288 g/mol. The van der Waals surface area contributed by atoms with Gasteiger partial charge < -0.3 is 15.7 Å². The lowest BCUT2D eigenvalue weighted by molar-refractivity contribution is 0.174. The minimum absolute atomic E-state index is 0.0951. The Bertz CT molecular complexity index is 614. The van der Waals surface area contributed by atoms with Crippen LogP contribution in [0.4, 0.5) is 14.9 Å². The van der Waals surface area contributed by atoms with E-state index in [0.29, 0.717) is 5.69 Å². The molecule has 110 valence electrons. The van der Waals surface area contributed by atoms with Gasteiger partial charge in [-0.15, -0.1) is 0 Å². The van der Waals surface area contributed by atoms with E-state index in [1.807, 2.05) is 31.2 Å². The van der Waals surface area contributed by atoms with Crippen molar-refractivity contribution in [2.45, 2.75) is 13.0 Å². The van der Waals surface area contributed by atoms with Gasteiger partial charge in [-0.05, 0) is 42.3 Å². The number of nitrogens with one attached hydrogen (secondary N) is 2. The summed E-state index contributed by atoms with van der Waals surface area (Å²) in [4.78, 5) is 11.7. The number of amides is 2. The monoisotopic (exact) mass is 288 g/mol. The van der Waals surface area contributed by atoms with Crippen molar-refractivity contribution >= 4 is 11.7 Å². The van der Waals surface area contributed by atoms with Gasteiger partial charge in [0.1, 0.15) is 5.82 Å². The smallest absolute Gasteiger partial charge is 0.319 e. The van der Waals surface area contributed by atoms with E-state index in [1.54, 1.807) is 0 Å². The highest BCUT2D eigenvalue weighted by molar-refractivity contribution is 5.89. The van der Waals surface area contributed by atoms with E-state index in [4.69, 9.17) is 0 Å². The normalized spacial score (nSPS) is 11.8. The molecular weight excluding hydrogens is 271 g/mol. The van der Waals surface area contributed by atoms with Gasteiger partial charge >= 0.3 is 6.03 Å². The molecule has 2 aromatic carbocycles. The third-order valence-corrected chi connectivity index (χ3v) is 3.11. The Hall–Kier alpha value is -2.40. The van der Waals surface area contributed by atoms with Crippen LogP contribution < -0.4 is 10.6 Å². The van der Waals surface area contributed by atoms with Crippen molar-refractivity contribution in [2.24, 2.45) is 0 Å². The van der Waals surface area contributed by atoms with Gasteiger partial charge in [0.05, 0.1) is 6.10 Å². The maximum atomic E-state index is 12.7. The van der Waals surface area contributed by atoms with Crippen molar-refractivity contribution in [2.75, 3.05) is 11.9 Å². The van der Waals surface area contributed by atoms with Crippen LogP contribution in [0.15, 0.2) is 48.5 Å². The maximum absolute atomic E-state index is 12.7. The number of anilines is 1. The predicted octanol–water partition coefficient (Wildman–Crippen LogP) is 2.99. The summed E-state index contributed by atoms with van der Waals surface area (Å²) < 4.78 is 12.7. The minimum Gasteiger partial charge on any atom is -0.387 e. The average Bonchev–Trinajstić information content (AvgIpc) is 2.48. The molecule has 0 spiro atoms. The van der Waals surface area contributed by atoms with E-state index in [-0.39, 0.29) is 12.4 Å². The Kier molecular flexibility index (Phi) is 4.90. The molecule has 0 aromatic heterocycles. The quantitative estimate of drug-likeness (QED) is 0.810. The fourth-order valence-electron chi connectivity index (χ4n) is 1.97. The number of carbonyl (C=O) groups is 1. The summed E-state index contributed by atoms with van der Waals surface area (Å²) in [7, 11) is 0. The molecular formula is C16H17FN2O2. The van der Waals surface area contributed by atoms with Crippen LogP contribution in [0.1, 0.15) is 17.2 Å². The number of urea groups is 1. The third-order valence-electron chi connectivity index (χ3n) is 3.11. The zero-order valence-corrected chi connectivity index (χ0v) is 11.6. The number of rotatable bonds is 4. The van der Waals surface area contributed by atoms with Crippen LogP contribution in [0.5, 0.6) is 0 Å². The number of hydrogen-bond donors (Lipinski definition) is 3. The second-order valence-corrected chi connectivity index (χ2v) is 4.71. The SMILES string of the molecule is Cc1ccccc1C(O)CNC(=O)Nc1ccc(F)cc1. The fraction of sp³-hybridized carbons (Fsp3) is 0.188. The molecule has 0 saturated carbocycles. The first-order valence-corrected chi connectivity index (χ1v) is 6.60. The Morgan fingerprint density at radius 3 is 2.52 bits per heavy atom. The number of carbonyl (C=O) groups excluding carboxylic acids is 1. The first-order chi connectivity index (χ1) is 10.1. The molecule has 2 rings (SSSR count). The largest absolute Gasteiger partial charge is 0.387 e. The minimum atomic E-state index is -0.773. The number of halogens is 1. The van der Waals surface area contributed by atoms with Gasteiger partial charge in [-0.3, -0.25) is 0 Å². The highest BCUT2D eigenvalue weighted by atomic mass is 19.1. The Morgan fingerprint density at radius 1 is 1.19 bits per heavy atom. The third kappa shape index (κ3) is 4.29. The number of benzene rings is 2. The first-order valence-electron chi connectivity index (χ1n) is 6.60. The number of aryl methyl sites for hydroxylation is 1. The van der Waals surface area contributed by atoms with Gasteiger partial charge in [0.15, 0.2) is 0 Å². The lowest BCUT2D eigenvalue weighted by Crippen LogP contribution is -2.32. The molecule has 3 N–H and O–H groups in total. The topological polar surface area (TPSA) is 61.4 Å². The molecule has 2 amide bonds. The highest BCUT2D eigenvalue weighted by Gasteiger charge is 2.11. The Labute approximate surface area is 122 Å². The molecule has 0 saturated heterocycles. The second-order valence-electron chi connectivity index (χ2n) is 4.71. The van der Waals surface area contributed by atoms with Gasteiger partial charge in [0.25, 0.3) is 0 Å². The van der Waals surface area contributed by atoms with Crippen molar-refractivity contribution in [3.8, 4) is 0 Å². The summed E-state index contributed by atoms with van der Waals surface area (Å²) in [6.45, 7) is 2.00. The van der Waals surface area contributed by atoms with E-state index >= 15 is 0 Å². The van der Waals surface area contributed by atoms with Crippen LogP contribution in [0, 0.1) is 12.7 Å². The molecule has 0 bridgehead atoms. The summed E-state index contributed by atoms with van der Waals surface area (Å²) in [5.41, 5.74) is 2.23. The van der Waals surface area contributed by atoms with Gasteiger partial charge in [0.2, 0.25) is 0 Å². The number of aliphatic hydroxyl groups is 1. The van der Waals surface area contributed by atoms with E-state index in [2.05, 4.69) is 10.6 Å². The van der Waals surface area contributed by atoms with Crippen LogP contribution in [-0.4, -0.2) is 17.7 Å². The number of hydrogen-bond acceptors (Lipinski definition) is 2. The summed E-state index contributed by atoms with van der Waals surface area (Å²) >= 11 is 0. The molecule has 1 unspecified atom stereocenters. The molecule has 0 radical (unpaired) electrons. The van der Waals surface area contributed by atoms with Crippen molar-refractivity contribution in [1.82, 2.24) is 5.32 Å². The lowest BCUT2D eigenvalue weighted by Gasteiger charge is -2.15. The lowest BCUT2D eigenvalue weighted by atomic mass is 10.0. The molecule has 0 aliphatic rings.